The number of ether oxygens (including phenoxy) is 1. The first-order valence-corrected chi connectivity index (χ1v) is 7.83. The Morgan fingerprint density at radius 2 is 2.23 bits per heavy atom. The monoisotopic (exact) mass is 326 g/mol. The average Bonchev–Trinajstić information content (AvgIpc) is 2.45. The van der Waals surface area contributed by atoms with Crippen molar-refractivity contribution in [2.75, 3.05) is 25.0 Å². The fourth-order valence-electron chi connectivity index (χ4n) is 2.42. The number of hydrogen-bond acceptors (Lipinski definition) is 5. The third kappa shape index (κ3) is 4.47. The highest BCUT2D eigenvalue weighted by Gasteiger charge is 2.30. The van der Waals surface area contributed by atoms with E-state index in [1.807, 2.05) is 32.7 Å². The molecule has 1 aliphatic rings. The van der Waals surface area contributed by atoms with Crippen LogP contribution in [0.5, 0.6) is 0 Å². The summed E-state index contributed by atoms with van der Waals surface area (Å²) >= 11 is 5.92. The van der Waals surface area contributed by atoms with Crippen molar-refractivity contribution in [3.63, 3.8) is 0 Å². The van der Waals surface area contributed by atoms with Crippen LogP contribution in [0.3, 0.4) is 0 Å². The van der Waals surface area contributed by atoms with Gasteiger partial charge in [-0.15, -0.1) is 0 Å². The summed E-state index contributed by atoms with van der Waals surface area (Å²) in [5.74, 6) is 0.573. The van der Waals surface area contributed by atoms with E-state index in [9.17, 15) is 4.79 Å². The molecule has 0 radical (unpaired) electrons. The van der Waals surface area contributed by atoms with Gasteiger partial charge in [0.15, 0.2) is 0 Å². The molecule has 1 aromatic rings. The predicted octanol–water partition coefficient (Wildman–Crippen LogP) is 2.97. The fraction of sp³-hybridized carbons (Fsp3) is 0.667. The van der Waals surface area contributed by atoms with Crippen molar-refractivity contribution in [3.05, 3.63) is 17.4 Å². The van der Waals surface area contributed by atoms with Gasteiger partial charge in [0.25, 0.3) is 0 Å². The van der Waals surface area contributed by atoms with Gasteiger partial charge in [-0.2, -0.15) is 0 Å². The van der Waals surface area contributed by atoms with E-state index < -0.39 is 5.60 Å². The highest BCUT2D eigenvalue weighted by atomic mass is 35.5. The Morgan fingerprint density at radius 3 is 2.86 bits per heavy atom. The molecule has 1 aliphatic heterocycles. The maximum absolute atomic E-state index is 12.2. The number of carbonyl (C=O) groups is 1. The van der Waals surface area contributed by atoms with Crippen LogP contribution in [0.2, 0.25) is 5.15 Å². The van der Waals surface area contributed by atoms with Crippen LogP contribution in [0, 0.1) is 0 Å². The number of anilines is 1. The molecule has 6 nitrogen and oxygen atoms in total. The summed E-state index contributed by atoms with van der Waals surface area (Å²) in [6.07, 6.45) is 3.27. The molecule has 1 saturated heterocycles. The number of carbonyl (C=O) groups excluding carboxylic acids is 1. The zero-order valence-electron chi connectivity index (χ0n) is 13.5. The summed E-state index contributed by atoms with van der Waals surface area (Å²) in [5.41, 5.74) is -0.480. The van der Waals surface area contributed by atoms with Gasteiger partial charge in [0.05, 0.1) is 0 Å². The molecule has 0 unspecified atom stereocenters. The second-order valence-electron chi connectivity index (χ2n) is 6.51. The summed E-state index contributed by atoms with van der Waals surface area (Å²) in [6, 6.07) is 1.80. The lowest BCUT2D eigenvalue weighted by molar-refractivity contribution is 0.0199. The van der Waals surface area contributed by atoms with Gasteiger partial charge in [0, 0.05) is 32.4 Å². The van der Waals surface area contributed by atoms with Crippen LogP contribution in [0.1, 0.15) is 33.6 Å². The zero-order chi connectivity index (χ0) is 16.3. The summed E-state index contributed by atoms with van der Waals surface area (Å²) in [4.78, 5) is 24.4. The number of hydrogen-bond donors (Lipinski definition) is 0. The Hall–Kier alpha value is -1.56. The number of likely N-dealkylation sites (N-methyl/N-ethyl adjacent to an activating group) is 1. The van der Waals surface area contributed by atoms with Gasteiger partial charge >= 0.3 is 6.09 Å². The molecule has 1 fully saturated rings. The predicted molar refractivity (Wildman–Crippen MR) is 86.3 cm³/mol. The molecule has 1 atom stereocenters. The molecule has 1 aromatic heterocycles. The van der Waals surface area contributed by atoms with Crippen molar-refractivity contribution in [2.45, 2.75) is 45.3 Å². The quantitative estimate of drug-likeness (QED) is 0.782. The number of piperidine rings is 1. The van der Waals surface area contributed by atoms with E-state index in [0.29, 0.717) is 17.6 Å². The summed E-state index contributed by atoms with van der Waals surface area (Å²) in [6.45, 7) is 6.94. The minimum atomic E-state index is -0.480. The van der Waals surface area contributed by atoms with Crippen LogP contribution in [0.4, 0.5) is 10.7 Å². The molecule has 1 amide bonds. The highest BCUT2D eigenvalue weighted by Crippen LogP contribution is 2.21. The lowest BCUT2D eigenvalue weighted by Gasteiger charge is -2.38. The Labute approximate surface area is 136 Å². The van der Waals surface area contributed by atoms with E-state index in [0.717, 1.165) is 19.4 Å². The zero-order valence-corrected chi connectivity index (χ0v) is 14.3. The van der Waals surface area contributed by atoms with Gasteiger partial charge in [-0.3, -0.25) is 0 Å². The third-order valence-corrected chi connectivity index (χ3v) is 3.73. The first-order valence-electron chi connectivity index (χ1n) is 7.45. The number of halogens is 1. The Balaban J connectivity index is 2.02. The van der Waals surface area contributed by atoms with Crippen LogP contribution in [-0.4, -0.2) is 52.7 Å². The molecule has 0 bridgehead atoms. The number of rotatable bonds is 2. The van der Waals surface area contributed by atoms with Crippen molar-refractivity contribution >= 4 is 23.6 Å². The standard InChI is InChI=1S/C15H23ClN4O2/c1-15(2,3)22-14(21)20-9-5-6-11(10-20)19(4)13-17-8-7-12(16)18-13/h7-8,11H,5-6,9-10H2,1-4H3/t11-/m0/s1. The van der Waals surface area contributed by atoms with Crippen molar-refractivity contribution in [2.24, 2.45) is 0 Å². The van der Waals surface area contributed by atoms with Gasteiger partial charge in [0.1, 0.15) is 10.8 Å². The fourth-order valence-corrected chi connectivity index (χ4v) is 2.56. The molecule has 2 rings (SSSR count). The first-order chi connectivity index (χ1) is 10.3. The molecule has 0 aromatic carbocycles. The van der Waals surface area contributed by atoms with Gasteiger partial charge in [-0.1, -0.05) is 11.6 Å². The molecule has 0 aliphatic carbocycles. The third-order valence-electron chi connectivity index (χ3n) is 3.52. The van der Waals surface area contributed by atoms with Gasteiger partial charge in [-0.25, -0.2) is 14.8 Å². The average molecular weight is 327 g/mol. The van der Waals surface area contributed by atoms with Crippen LogP contribution in [0.15, 0.2) is 12.3 Å². The van der Waals surface area contributed by atoms with E-state index in [2.05, 4.69) is 9.97 Å². The van der Waals surface area contributed by atoms with E-state index >= 15 is 0 Å². The van der Waals surface area contributed by atoms with Crippen molar-refractivity contribution in [1.29, 1.82) is 0 Å². The van der Waals surface area contributed by atoms with Crippen molar-refractivity contribution < 1.29 is 9.53 Å². The second-order valence-corrected chi connectivity index (χ2v) is 6.90. The SMILES string of the molecule is CN(c1nccc(Cl)n1)[C@H]1CCCN(C(=O)OC(C)(C)C)C1. The number of likely N-dealkylation sites (tertiary alicyclic amines) is 1. The molecule has 7 heteroatoms. The topological polar surface area (TPSA) is 58.6 Å². The molecule has 22 heavy (non-hydrogen) atoms. The van der Waals surface area contributed by atoms with Crippen molar-refractivity contribution in [1.82, 2.24) is 14.9 Å². The van der Waals surface area contributed by atoms with E-state index in [1.54, 1.807) is 17.2 Å². The van der Waals surface area contributed by atoms with E-state index in [1.165, 1.54) is 0 Å². The van der Waals surface area contributed by atoms with Gasteiger partial charge in [0.2, 0.25) is 5.95 Å². The summed E-state index contributed by atoms with van der Waals surface area (Å²) in [7, 11) is 1.93. The minimum absolute atomic E-state index is 0.153. The lowest BCUT2D eigenvalue weighted by atomic mass is 10.1. The largest absolute Gasteiger partial charge is 0.444 e. The van der Waals surface area contributed by atoms with E-state index in [4.69, 9.17) is 16.3 Å². The Kier molecular flexibility index (Phi) is 5.11. The second kappa shape index (κ2) is 6.69. The molecule has 2 heterocycles. The summed E-state index contributed by atoms with van der Waals surface area (Å²) < 4.78 is 5.45. The van der Waals surface area contributed by atoms with Gasteiger partial charge < -0.3 is 14.5 Å². The highest BCUT2D eigenvalue weighted by molar-refractivity contribution is 6.29. The number of nitrogens with zero attached hydrogens (tertiary/aromatic N) is 4. The first kappa shape index (κ1) is 16.8. The normalized spacial score (nSPS) is 19.0. The van der Waals surface area contributed by atoms with E-state index in [-0.39, 0.29) is 12.1 Å². The van der Waals surface area contributed by atoms with Crippen LogP contribution >= 0.6 is 11.6 Å². The van der Waals surface area contributed by atoms with Gasteiger partial charge in [-0.05, 0) is 39.7 Å². The van der Waals surface area contributed by atoms with Crippen LogP contribution < -0.4 is 4.90 Å². The number of aromatic nitrogens is 2. The Bertz CT molecular complexity index is 533. The molecular weight excluding hydrogens is 304 g/mol. The summed E-state index contributed by atoms with van der Waals surface area (Å²) in [5, 5.41) is 0.414. The molecular formula is C15H23ClN4O2. The molecule has 0 spiro atoms. The molecule has 0 N–H and O–H groups in total. The van der Waals surface area contributed by atoms with Crippen LogP contribution in [-0.2, 0) is 4.74 Å². The minimum Gasteiger partial charge on any atom is -0.444 e. The van der Waals surface area contributed by atoms with Crippen molar-refractivity contribution in [3.8, 4) is 0 Å². The Morgan fingerprint density at radius 1 is 1.50 bits per heavy atom. The van der Waals surface area contributed by atoms with Crippen LogP contribution in [0.25, 0.3) is 0 Å². The lowest BCUT2D eigenvalue weighted by Crippen LogP contribution is -2.50. The number of amides is 1. The molecule has 0 saturated carbocycles. The maximum Gasteiger partial charge on any atom is 0.410 e. The molecule has 122 valence electrons. The smallest absolute Gasteiger partial charge is 0.410 e. The maximum atomic E-state index is 12.2.